The van der Waals surface area contributed by atoms with Gasteiger partial charge >= 0.3 is 0 Å². The van der Waals surface area contributed by atoms with Gasteiger partial charge in [-0.25, -0.2) is 0 Å². The Morgan fingerprint density at radius 3 is 2.10 bits per heavy atom. The van der Waals surface area contributed by atoms with E-state index in [0.29, 0.717) is 0 Å². The van der Waals surface area contributed by atoms with Crippen LogP contribution in [0, 0.1) is 23.8 Å². The average molecular weight is 869 g/mol. The molecule has 3 aromatic heterocycles. The van der Waals surface area contributed by atoms with Gasteiger partial charge in [-0.3, -0.25) is 9.78 Å². The van der Waals surface area contributed by atoms with Crippen LogP contribution in [0.25, 0.3) is 52.3 Å². The predicted octanol–water partition coefficient (Wildman–Crippen LogP) is 13.5. The number of pyridine rings is 1. The Labute approximate surface area is 314 Å². The summed E-state index contributed by atoms with van der Waals surface area (Å²) in [5.74, 6) is 0.286. The first-order valence-corrected chi connectivity index (χ1v) is 18.9. The van der Waals surface area contributed by atoms with Gasteiger partial charge in [-0.05, 0) is 67.0 Å². The molecule has 0 unspecified atom stereocenters. The van der Waals surface area contributed by atoms with Crippen LogP contribution < -0.4 is 0 Å². The van der Waals surface area contributed by atoms with E-state index in [9.17, 15) is 9.90 Å². The zero-order valence-electron chi connectivity index (χ0n) is 30.6. The molecule has 0 amide bonds. The first-order valence-electron chi connectivity index (χ1n) is 17.3. The second-order valence-corrected chi connectivity index (χ2v) is 17.0. The fourth-order valence-corrected chi connectivity index (χ4v) is 8.53. The molecule has 1 radical (unpaired) electrons. The van der Waals surface area contributed by atoms with Crippen molar-refractivity contribution in [3.8, 4) is 11.3 Å². The van der Waals surface area contributed by atoms with Crippen molar-refractivity contribution >= 4 is 69.5 Å². The number of aryl methyl sites for hydroxylation is 1. The van der Waals surface area contributed by atoms with Gasteiger partial charge in [-0.2, -0.15) is 0 Å². The standard InChI is InChI=1S/C28H22NS2.C15H28O2.Ir/c1-16-13-18-9-10-22-25(27(18)30-16)24-23(31-22)11-12-29-26(24)19-14-17-7-5-6-8-20(17)21(15-19)28(2,3)4;1-7-14(5,8-2)12(16)11-13(17)15(6,9-3)10-4;/h5-13,15H,1-4H3;11,16H,7-10H2,1-6H3;/q-1;;/b;12-11-;. The molecule has 0 aliphatic carbocycles. The molecule has 3 heterocycles. The van der Waals surface area contributed by atoms with E-state index in [1.165, 1.54) is 52.2 Å². The molecule has 1 N–H and O–H groups in total. The number of nitrogens with zero attached hydrogens (tertiary/aromatic N) is 1. The third kappa shape index (κ3) is 7.59. The number of aliphatic hydroxyl groups is 1. The Morgan fingerprint density at radius 2 is 1.47 bits per heavy atom. The fourth-order valence-electron chi connectivity index (χ4n) is 6.29. The molecular weight excluding hydrogens is 819 g/mol. The summed E-state index contributed by atoms with van der Waals surface area (Å²) in [7, 11) is 0. The Kier molecular flexibility index (Phi) is 12.0. The summed E-state index contributed by atoms with van der Waals surface area (Å²) in [6, 6.07) is 23.6. The molecule has 0 saturated carbocycles. The number of ketones is 1. The summed E-state index contributed by atoms with van der Waals surface area (Å²) in [6.07, 6.45) is 6.70. The van der Waals surface area contributed by atoms with Crippen molar-refractivity contribution in [3.05, 3.63) is 89.1 Å². The molecule has 0 spiro atoms. The minimum atomic E-state index is -0.337. The van der Waals surface area contributed by atoms with E-state index in [4.69, 9.17) is 4.98 Å². The molecule has 0 bridgehead atoms. The number of hydrogen-bond acceptors (Lipinski definition) is 5. The predicted molar refractivity (Wildman–Crippen MR) is 211 cm³/mol. The first-order chi connectivity index (χ1) is 22.7. The molecule has 0 atom stereocenters. The molecule has 0 aliphatic heterocycles. The number of carbonyl (C=O) groups is 1. The number of hydrogen-bond donors (Lipinski definition) is 1. The Hall–Kier alpha value is -2.89. The van der Waals surface area contributed by atoms with Gasteiger partial charge in [0.05, 0.1) is 0 Å². The number of fused-ring (bicyclic) bond motifs is 6. The Bertz CT molecular complexity index is 2140. The molecule has 6 heteroatoms. The van der Waals surface area contributed by atoms with E-state index >= 15 is 0 Å². The largest absolute Gasteiger partial charge is 0.512 e. The Balaban J connectivity index is 0.000000260. The summed E-state index contributed by atoms with van der Waals surface area (Å²) in [5, 5.41) is 16.5. The van der Waals surface area contributed by atoms with Crippen molar-refractivity contribution in [2.24, 2.45) is 10.8 Å². The van der Waals surface area contributed by atoms with E-state index in [1.54, 1.807) is 0 Å². The van der Waals surface area contributed by atoms with Crippen molar-refractivity contribution in [2.45, 2.75) is 100 Å². The zero-order valence-corrected chi connectivity index (χ0v) is 34.7. The summed E-state index contributed by atoms with van der Waals surface area (Å²) in [5.41, 5.74) is 2.89. The van der Waals surface area contributed by atoms with Crippen LogP contribution in [-0.4, -0.2) is 15.9 Å². The van der Waals surface area contributed by atoms with E-state index in [-0.39, 0.29) is 47.9 Å². The van der Waals surface area contributed by atoms with Crippen molar-refractivity contribution in [2.75, 3.05) is 0 Å². The number of allylic oxidation sites excluding steroid dienone is 2. The number of benzene rings is 3. The molecule has 0 saturated heterocycles. The molecule has 261 valence electrons. The van der Waals surface area contributed by atoms with E-state index in [2.05, 4.69) is 88.4 Å². The van der Waals surface area contributed by atoms with E-state index < -0.39 is 0 Å². The monoisotopic (exact) mass is 869 g/mol. The van der Waals surface area contributed by atoms with Crippen molar-refractivity contribution in [3.63, 3.8) is 0 Å². The van der Waals surface area contributed by atoms with Crippen LogP contribution in [-0.2, 0) is 30.3 Å². The van der Waals surface area contributed by atoms with Gasteiger partial charge in [-0.15, -0.1) is 51.8 Å². The molecule has 0 aliphatic rings. The summed E-state index contributed by atoms with van der Waals surface area (Å²) >= 11 is 3.74. The van der Waals surface area contributed by atoms with Crippen molar-refractivity contribution < 1.29 is 30.0 Å². The Morgan fingerprint density at radius 1 is 0.837 bits per heavy atom. The molecular formula is C43H50IrNO2S2-. The van der Waals surface area contributed by atoms with Crippen LogP contribution in [0.4, 0.5) is 0 Å². The first kappa shape index (κ1) is 38.9. The smallest absolute Gasteiger partial charge is 0.164 e. The third-order valence-corrected chi connectivity index (χ3v) is 12.8. The van der Waals surface area contributed by atoms with Gasteiger partial charge in [-0.1, -0.05) is 97.5 Å². The maximum absolute atomic E-state index is 12.2. The van der Waals surface area contributed by atoms with Crippen LogP contribution in [0.3, 0.4) is 0 Å². The van der Waals surface area contributed by atoms with Gasteiger partial charge in [0.15, 0.2) is 5.78 Å². The second-order valence-electron chi connectivity index (χ2n) is 14.7. The quantitative estimate of drug-likeness (QED) is 0.0942. The summed E-state index contributed by atoms with van der Waals surface area (Å²) < 4.78 is 3.99. The van der Waals surface area contributed by atoms with E-state index in [0.717, 1.165) is 42.3 Å². The van der Waals surface area contributed by atoms with Gasteiger partial charge in [0, 0.05) is 73.3 Å². The normalized spacial score (nSPS) is 12.7. The molecule has 3 nitrogen and oxygen atoms in total. The van der Waals surface area contributed by atoms with Gasteiger partial charge in [0.2, 0.25) is 0 Å². The molecule has 49 heavy (non-hydrogen) atoms. The number of aliphatic hydroxyl groups excluding tert-OH is 1. The fraction of sp³-hybridized carbons (Fsp3) is 0.395. The number of aromatic nitrogens is 1. The van der Waals surface area contributed by atoms with Gasteiger partial charge < -0.3 is 5.11 Å². The average Bonchev–Trinajstić information content (AvgIpc) is 3.66. The van der Waals surface area contributed by atoms with E-state index in [1.807, 2.05) is 70.4 Å². The zero-order chi connectivity index (χ0) is 35.0. The van der Waals surface area contributed by atoms with Crippen LogP contribution >= 0.6 is 22.7 Å². The molecule has 0 fully saturated rings. The molecule has 6 rings (SSSR count). The van der Waals surface area contributed by atoms with Crippen molar-refractivity contribution in [1.82, 2.24) is 4.98 Å². The topological polar surface area (TPSA) is 50.2 Å². The number of rotatable bonds is 8. The molecule has 6 aromatic rings. The SMILES string of the molecule is CCC(C)(CC)C(=O)/C=C(\O)C(C)(CC)CC.Cc1cc2ccc3sc4ccnc(-c5[c-]c6ccccc6c(C(C)(C)C)c5)c4c3c2s1.[Ir]. The van der Waals surface area contributed by atoms with Crippen LogP contribution in [0.1, 0.15) is 98.4 Å². The third-order valence-electron chi connectivity index (χ3n) is 10.6. The minimum absolute atomic E-state index is 0. The van der Waals surface area contributed by atoms with Crippen LogP contribution in [0.15, 0.2) is 72.6 Å². The van der Waals surface area contributed by atoms with Gasteiger partial charge in [0.1, 0.15) is 5.76 Å². The number of carbonyl (C=O) groups excluding carboxylic acids is 1. The van der Waals surface area contributed by atoms with Crippen LogP contribution in [0.2, 0.25) is 0 Å². The van der Waals surface area contributed by atoms with Gasteiger partial charge in [0.25, 0.3) is 0 Å². The summed E-state index contributed by atoms with van der Waals surface area (Å²) in [4.78, 5) is 18.4. The minimum Gasteiger partial charge on any atom is -0.512 e. The maximum atomic E-state index is 12.2. The van der Waals surface area contributed by atoms with Crippen LogP contribution in [0.5, 0.6) is 0 Å². The molecule has 3 aromatic carbocycles. The van der Waals surface area contributed by atoms with Crippen molar-refractivity contribution in [1.29, 1.82) is 0 Å². The summed E-state index contributed by atoms with van der Waals surface area (Å²) in [6.45, 7) is 21.1. The number of thiophene rings is 2. The second kappa shape index (κ2) is 15.2. The maximum Gasteiger partial charge on any atom is 0.164 e.